The summed E-state index contributed by atoms with van der Waals surface area (Å²) in [7, 11) is 0. The van der Waals surface area contributed by atoms with Gasteiger partial charge >= 0.3 is 0 Å². The first-order valence-corrected chi connectivity index (χ1v) is 6.83. The molecule has 0 aliphatic carbocycles. The van der Waals surface area contributed by atoms with E-state index < -0.39 is 0 Å². The van der Waals surface area contributed by atoms with Crippen LogP contribution in [0.2, 0.25) is 0 Å². The largest absolute Gasteiger partial charge is 0.381 e. The van der Waals surface area contributed by atoms with Crippen LogP contribution < -0.4 is 5.73 Å². The number of nitrogen functional groups attached to an aromatic ring is 1. The molecule has 0 amide bonds. The summed E-state index contributed by atoms with van der Waals surface area (Å²) >= 11 is 0. The summed E-state index contributed by atoms with van der Waals surface area (Å²) in [5.74, 6) is 1.02. The van der Waals surface area contributed by atoms with Gasteiger partial charge in [0.2, 0.25) is 0 Å². The highest BCUT2D eigenvalue weighted by molar-refractivity contribution is 5.77. The lowest BCUT2D eigenvalue weighted by Crippen LogP contribution is -2.09. The second-order valence-electron chi connectivity index (χ2n) is 4.67. The zero-order valence-corrected chi connectivity index (χ0v) is 11.7. The molecule has 5 nitrogen and oxygen atoms in total. The minimum Gasteiger partial charge on any atom is -0.381 e. The minimum absolute atomic E-state index is 0.407. The molecule has 0 saturated heterocycles. The van der Waals surface area contributed by atoms with Crippen molar-refractivity contribution in [3.8, 4) is 5.82 Å². The summed E-state index contributed by atoms with van der Waals surface area (Å²) in [6, 6.07) is 9.80. The molecule has 0 saturated carbocycles. The molecule has 0 fully saturated rings. The number of anilines is 1. The number of fused-ring (bicyclic) bond motifs is 1. The van der Waals surface area contributed by atoms with Gasteiger partial charge in [-0.05, 0) is 31.0 Å². The second kappa shape index (κ2) is 4.92. The monoisotopic (exact) mass is 267 g/mol. The molecule has 0 atom stereocenters. The van der Waals surface area contributed by atoms with Gasteiger partial charge in [0.25, 0.3) is 0 Å². The van der Waals surface area contributed by atoms with E-state index in [2.05, 4.69) is 35.0 Å². The average Bonchev–Trinajstić information content (AvgIpc) is 2.89. The van der Waals surface area contributed by atoms with Crippen molar-refractivity contribution in [1.29, 1.82) is 0 Å². The Morgan fingerprint density at radius 1 is 1.05 bits per heavy atom. The molecule has 1 aromatic carbocycles. The van der Waals surface area contributed by atoms with Crippen molar-refractivity contribution in [1.82, 2.24) is 19.7 Å². The van der Waals surface area contributed by atoms with Gasteiger partial charge in [-0.1, -0.05) is 26.0 Å². The Labute approximate surface area is 117 Å². The standard InChI is InChI=1S/C15H17N5/c1-3-10-9-11(4-2)20(19-10)15-14(16)17-12-7-5-6-8-13(12)18-15/h5-9H,3-4H2,1-2H3,(H2,16,17). The predicted molar refractivity (Wildman–Crippen MR) is 79.8 cm³/mol. The number of nitrogens with zero attached hydrogens (tertiary/aromatic N) is 4. The first-order valence-electron chi connectivity index (χ1n) is 6.83. The van der Waals surface area contributed by atoms with Crippen LogP contribution in [0.3, 0.4) is 0 Å². The molecular weight excluding hydrogens is 250 g/mol. The molecule has 5 heteroatoms. The summed E-state index contributed by atoms with van der Waals surface area (Å²) in [4.78, 5) is 9.03. The van der Waals surface area contributed by atoms with Crippen LogP contribution in [-0.4, -0.2) is 19.7 Å². The Kier molecular flexibility index (Phi) is 3.10. The molecule has 2 heterocycles. The van der Waals surface area contributed by atoms with Crippen LogP contribution in [0.15, 0.2) is 30.3 Å². The topological polar surface area (TPSA) is 69.6 Å². The Bertz CT molecular complexity index is 760. The fraction of sp³-hybridized carbons (Fsp3) is 0.267. The molecule has 3 rings (SSSR count). The molecule has 0 bridgehead atoms. The third kappa shape index (κ3) is 2.01. The maximum absolute atomic E-state index is 6.06. The Hall–Kier alpha value is -2.43. The maximum atomic E-state index is 6.06. The molecule has 2 N–H and O–H groups in total. The van der Waals surface area contributed by atoms with Gasteiger partial charge in [-0.3, -0.25) is 0 Å². The van der Waals surface area contributed by atoms with Crippen LogP contribution >= 0.6 is 0 Å². The molecule has 0 aliphatic heterocycles. The lowest BCUT2D eigenvalue weighted by atomic mass is 10.2. The normalized spacial score (nSPS) is 11.1. The van der Waals surface area contributed by atoms with E-state index >= 15 is 0 Å². The fourth-order valence-electron chi connectivity index (χ4n) is 2.24. The molecule has 0 spiro atoms. The number of aromatic nitrogens is 4. The van der Waals surface area contributed by atoms with Crippen LogP contribution in [0.5, 0.6) is 0 Å². The molecule has 0 aliphatic rings. The number of hydrogen-bond acceptors (Lipinski definition) is 4. The molecular formula is C15H17N5. The molecule has 3 aromatic rings. The number of benzene rings is 1. The second-order valence-corrected chi connectivity index (χ2v) is 4.67. The fourth-order valence-corrected chi connectivity index (χ4v) is 2.24. The summed E-state index contributed by atoms with van der Waals surface area (Å²) in [6.45, 7) is 4.18. The van der Waals surface area contributed by atoms with Crippen molar-refractivity contribution >= 4 is 16.9 Å². The lowest BCUT2D eigenvalue weighted by Gasteiger charge is -2.08. The summed E-state index contributed by atoms with van der Waals surface area (Å²) in [5, 5.41) is 4.57. The quantitative estimate of drug-likeness (QED) is 0.791. The van der Waals surface area contributed by atoms with Gasteiger partial charge in [-0.2, -0.15) is 5.10 Å². The number of para-hydroxylation sites is 2. The highest BCUT2D eigenvalue weighted by atomic mass is 15.3. The van der Waals surface area contributed by atoms with Crippen molar-refractivity contribution in [3.63, 3.8) is 0 Å². The van der Waals surface area contributed by atoms with Gasteiger partial charge in [-0.15, -0.1) is 0 Å². The van der Waals surface area contributed by atoms with Gasteiger partial charge in [0.05, 0.1) is 16.7 Å². The van der Waals surface area contributed by atoms with Crippen LogP contribution in [0, 0.1) is 0 Å². The third-order valence-corrected chi connectivity index (χ3v) is 3.34. The van der Waals surface area contributed by atoms with E-state index in [-0.39, 0.29) is 0 Å². The molecule has 2 aromatic heterocycles. The van der Waals surface area contributed by atoms with Crippen LogP contribution in [0.1, 0.15) is 25.2 Å². The number of hydrogen-bond donors (Lipinski definition) is 1. The summed E-state index contributed by atoms with van der Waals surface area (Å²) in [6.07, 6.45) is 1.77. The zero-order valence-electron chi connectivity index (χ0n) is 11.7. The van der Waals surface area contributed by atoms with Crippen molar-refractivity contribution in [2.75, 3.05) is 5.73 Å². The van der Waals surface area contributed by atoms with Crippen LogP contribution in [0.25, 0.3) is 16.9 Å². The minimum atomic E-state index is 0.407. The first-order chi connectivity index (χ1) is 9.72. The van der Waals surface area contributed by atoms with E-state index in [1.54, 1.807) is 0 Å². The number of rotatable bonds is 3. The van der Waals surface area contributed by atoms with Gasteiger partial charge in [0, 0.05) is 5.69 Å². The van der Waals surface area contributed by atoms with E-state index in [1.165, 1.54) is 0 Å². The molecule has 0 radical (unpaired) electrons. The molecule has 0 unspecified atom stereocenters. The zero-order chi connectivity index (χ0) is 14.1. The number of aryl methyl sites for hydroxylation is 2. The number of nitrogens with two attached hydrogens (primary N) is 1. The van der Waals surface area contributed by atoms with Crippen molar-refractivity contribution in [3.05, 3.63) is 41.7 Å². The van der Waals surface area contributed by atoms with E-state index in [9.17, 15) is 0 Å². The molecule has 20 heavy (non-hydrogen) atoms. The van der Waals surface area contributed by atoms with E-state index in [1.807, 2.05) is 28.9 Å². The van der Waals surface area contributed by atoms with E-state index in [0.29, 0.717) is 11.6 Å². The van der Waals surface area contributed by atoms with Crippen molar-refractivity contribution < 1.29 is 0 Å². The smallest absolute Gasteiger partial charge is 0.197 e. The van der Waals surface area contributed by atoms with Crippen molar-refractivity contribution in [2.24, 2.45) is 0 Å². The van der Waals surface area contributed by atoms with Crippen LogP contribution in [0.4, 0.5) is 5.82 Å². The van der Waals surface area contributed by atoms with Gasteiger partial charge in [0.15, 0.2) is 11.6 Å². The summed E-state index contributed by atoms with van der Waals surface area (Å²) in [5.41, 5.74) is 9.82. The van der Waals surface area contributed by atoms with E-state index in [4.69, 9.17) is 5.73 Å². The average molecular weight is 267 g/mol. The highest BCUT2D eigenvalue weighted by Crippen LogP contribution is 2.20. The predicted octanol–water partition coefficient (Wildman–Crippen LogP) is 2.52. The van der Waals surface area contributed by atoms with Gasteiger partial charge in [0.1, 0.15) is 0 Å². The SMILES string of the molecule is CCc1cc(CC)n(-c2nc3ccccc3nc2N)n1. The third-order valence-electron chi connectivity index (χ3n) is 3.34. The Morgan fingerprint density at radius 3 is 2.40 bits per heavy atom. The van der Waals surface area contributed by atoms with E-state index in [0.717, 1.165) is 35.3 Å². The summed E-state index contributed by atoms with van der Waals surface area (Å²) < 4.78 is 1.81. The molecule has 102 valence electrons. The van der Waals surface area contributed by atoms with Gasteiger partial charge < -0.3 is 5.73 Å². The van der Waals surface area contributed by atoms with Gasteiger partial charge in [-0.25, -0.2) is 14.6 Å². The Balaban J connectivity index is 2.23. The van der Waals surface area contributed by atoms with Crippen molar-refractivity contribution in [2.45, 2.75) is 26.7 Å². The first kappa shape index (κ1) is 12.6. The van der Waals surface area contributed by atoms with Crippen LogP contribution in [-0.2, 0) is 12.8 Å². The highest BCUT2D eigenvalue weighted by Gasteiger charge is 2.13. The maximum Gasteiger partial charge on any atom is 0.197 e. The Morgan fingerprint density at radius 2 is 1.75 bits per heavy atom. The lowest BCUT2D eigenvalue weighted by molar-refractivity contribution is 0.775.